The van der Waals surface area contributed by atoms with Crippen molar-refractivity contribution >= 4 is 34.8 Å². The second-order valence-corrected chi connectivity index (χ2v) is 7.35. The molecule has 1 saturated heterocycles. The predicted molar refractivity (Wildman–Crippen MR) is 95.6 cm³/mol. The summed E-state index contributed by atoms with van der Waals surface area (Å²) >= 11 is 1.52. The number of thiophene rings is 1. The molecule has 9 heteroatoms. The Morgan fingerprint density at radius 1 is 1.42 bits per heavy atom. The summed E-state index contributed by atoms with van der Waals surface area (Å²) in [5.41, 5.74) is 0.821. The van der Waals surface area contributed by atoms with Crippen LogP contribution in [0.2, 0.25) is 0 Å². The maximum absolute atomic E-state index is 12.7. The third kappa shape index (κ3) is 3.98. The Balaban J connectivity index is 1.68. The van der Waals surface area contributed by atoms with Gasteiger partial charge in [0, 0.05) is 29.8 Å². The SMILES string of the molecule is CC(C)C(Nc1nnc(-c2ccsc2)o1)C(=O)CC1CCNC(=O)C1=O. The Bertz CT molecular complexity index is 800. The topological polar surface area (TPSA) is 114 Å². The number of anilines is 1. The molecule has 2 aromatic heterocycles. The van der Waals surface area contributed by atoms with Crippen molar-refractivity contribution in [3.8, 4) is 11.5 Å². The summed E-state index contributed by atoms with van der Waals surface area (Å²) in [4.78, 5) is 36.1. The van der Waals surface area contributed by atoms with E-state index in [4.69, 9.17) is 4.42 Å². The van der Waals surface area contributed by atoms with Crippen LogP contribution in [0.3, 0.4) is 0 Å². The number of hydrogen-bond acceptors (Lipinski definition) is 8. The second-order valence-electron chi connectivity index (χ2n) is 6.57. The predicted octanol–water partition coefficient (Wildman–Crippen LogP) is 1.90. The third-order valence-electron chi connectivity index (χ3n) is 4.31. The van der Waals surface area contributed by atoms with E-state index >= 15 is 0 Å². The lowest BCUT2D eigenvalue weighted by Gasteiger charge is -2.24. The summed E-state index contributed by atoms with van der Waals surface area (Å²) in [6, 6.07) is 1.45. The van der Waals surface area contributed by atoms with Crippen LogP contribution in [0, 0.1) is 11.8 Å². The molecule has 2 N–H and O–H groups in total. The Labute approximate surface area is 154 Å². The van der Waals surface area contributed by atoms with Gasteiger partial charge in [0.25, 0.3) is 11.8 Å². The first-order valence-corrected chi connectivity index (χ1v) is 9.37. The number of carbonyl (C=O) groups excluding carboxylic acids is 3. The van der Waals surface area contributed by atoms with Crippen molar-refractivity contribution in [1.82, 2.24) is 15.5 Å². The lowest BCUT2D eigenvalue weighted by atomic mass is 9.87. The van der Waals surface area contributed by atoms with Gasteiger partial charge in [-0.1, -0.05) is 18.9 Å². The quantitative estimate of drug-likeness (QED) is 0.709. The fourth-order valence-corrected chi connectivity index (χ4v) is 3.49. The number of amides is 1. The zero-order chi connectivity index (χ0) is 18.7. The largest absolute Gasteiger partial charge is 0.403 e. The average molecular weight is 376 g/mol. The summed E-state index contributed by atoms with van der Waals surface area (Å²) in [7, 11) is 0. The van der Waals surface area contributed by atoms with Crippen molar-refractivity contribution in [2.45, 2.75) is 32.7 Å². The molecule has 0 aliphatic carbocycles. The van der Waals surface area contributed by atoms with E-state index in [1.807, 2.05) is 30.7 Å². The maximum Gasteiger partial charge on any atom is 0.316 e. The molecule has 2 aromatic rings. The van der Waals surface area contributed by atoms with Crippen molar-refractivity contribution in [1.29, 1.82) is 0 Å². The fourth-order valence-electron chi connectivity index (χ4n) is 2.86. The number of rotatable bonds is 7. The zero-order valence-electron chi connectivity index (χ0n) is 14.5. The molecule has 0 saturated carbocycles. The molecule has 1 amide bonds. The molecule has 26 heavy (non-hydrogen) atoms. The van der Waals surface area contributed by atoms with Gasteiger partial charge in [-0.05, 0) is 23.8 Å². The molecule has 0 radical (unpaired) electrons. The van der Waals surface area contributed by atoms with Gasteiger partial charge in [0.2, 0.25) is 5.78 Å². The van der Waals surface area contributed by atoms with E-state index in [1.54, 1.807) is 0 Å². The van der Waals surface area contributed by atoms with E-state index in [-0.39, 0.29) is 24.1 Å². The van der Waals surface area contributed by atoms with Crippen LogP contribution in [-0.4, -0.2) is 40.3 Å². The molecule has 2 unspecified atom stereocenters. The van der Waals surface area contributed by atoms with Crippen LogP contribution in [0.5, 0.6) is 0 Å². The van der Waals surface area contributed by atoms with Crippen LogP contribution in [0.1, 0.15) is 26.7 Å². The van der Waals surface area contributed by atoms with Gasteiger partial charge in [-0.2, -0.15) is 11.3 Å². The molecule has 0 aromatic carbocycles. The van der Waals surface area contributed by atoms with Crippen LogP contribution in [0.25, 0.3) is 11.5 Å². The van der Waals surface area contributed by atoms with Crippen molar-refractivity contribution in [3.63, 3.8) is 0 Å². The molecule has 1 aliphatic rings. The monoisotopic (exact) mass is 376 g/mol. The first-order valence-electron chi connectivity index (χ1n) is 8.43. The Morgan fingerprint density at radius 2 is 2.23 bits per heavy atom. The van der Waals surface area contributed by atoms with Gasteiger partial charge in [-0.3, -0.25) is 14.4 Å². The maximum atomic E-state index is 12.7. The molecule has 3 heterocycles. The van der Waals surface area contributed by atoms with Crippen LogP contribution in [-0.2, 0) is 14.4 Å². The molecule has 138 valence electrons. The smallest absolute Gasteiger partial charge is 0.316 e. The summed E-state index contributed by atoms with van der Waals surface area (Å²) in [5.74, 6) is -1.52. The number of carbonyl (C=O) groups is 3. The summed E-state index contributed by atoms with van der Waals surface area (Å²) in [6.07, 6.45) is 0.498. The van der Waals surface area contributed by atoms with Crippen molar-refractivity contribution < 1.29 is 18.8 Å². The van der Waals surface area contributed by atoms with Gasteiger partial charge in [0.15, 0.2) is 5.78 Å². The van der Waals surface area contributed by atoms with Gasteiger partial charge < -0.3 is 15.1 Å². The normalized spacial score (nSPS) is 18.7. The third-order valence-corrected chi connectivity index (χ3v) is 4.99. The summed E-state index contributed by atoms with van der Waals surface area (Å²) in [5, 5.41) is 17.2. The van der Waals surface area contributed by atoms with Gasteiger partial charge in [0.1, 0.15) is 0 Å². The van der Waals surface area contributed by atoms with Crippen molar-refractivity contribution in [2.75, 3.05) is 11.9 Å². The molecule has 1 fully saturated rings. The number of nitrogens with zero attached hydrogens (tertiary/aromatic N) is 2. The minimum absolute atomic E-state index is 0.0215. The van der Waals surface area contributed by atoms with Gasteiger partial charge >= 0.3 is 6.01 Å². The Hall–Kier alpha value is -2.55. The van der Waals surface area contributed by atoms with Gasteiger partial charge in [-0.25, -0.2) is 0 Å². The molecular formula is C17H20N4O4S. The highest BCUT2D eigenvalue weighted by atomic mass is 32.1. The molecule has 0 bridgehead atoms. The van der Waals surface area contributed by atoms with Crippen LogP contribution in [0.15, 0.2) is 21.2 Å². The Morgan fingerprint density at radius 3 is 2.92 bits per heavy atom. The van der Waals surface area contributed by atoms with E-state index in [0.29, 0.717) is 18.9 Å². The standard InChI is InChI=1S/C17H20N4O4S/c1-9(2)13(12(22)7-10-3-5-18-15(24)14(10)23)19-17-21-20-16(25-17)11-4-6-26-8-11/h4,6,8-10,13H,3,5,7H2,1-2H3,(H,18,24)(H,19,21). The first kappa shape index (κ1) is 18.2. The first-order chi connectivity index (χ1) is 12.5. The molecule has 2 atom stereocenters. The minimum atomic E-state index is -0.611. The number of Topliss-reactive ketones (excluding diaryl/α,β-unsaturated/α-hetero) is 2. The highest BCUT2D eigenvalue weighted by molar-refractivity contribution is 7.08. The Kier molecular flexibility index (Phi) is 5.46. The molecular weight excluding hydrogens is 356 g/mol. The average Bonchev–Trinajstić information content (AvgIpc) is 3.27. The lowest BCUT2D eigenvalue weighted by Crippen LogP contribution is -2.45. The zero-order valence-corrected chi connectivity index (χ0v) is 15.3. The van der Waals surface area contributed by atoms with Crippen LogP contribution in [0.4, 0.5) is 6.01 Å². The van der Waals surface area contributed by atoms with Gasteiger partial charge in [0.05, 0.1) is 6.04 Å². The van der Waals surface area contributed by atoms with Crippen LogP contribution < -0.4 is 10.6 Å². The molecule has 3 rings (SSSR count). The van der Waals surface area contributed by atoms with E-state index < -0.39 is 23.7 Å². The van der Waals surface area contributed by atoms with E-state index in [2.05, 4.69) is 20.8 Å². The lowest BCUT2D eigenvalue weighted by molar-refractivity contribution is -0.143. The number of ketones is 2. The number of aromatic nitrogens is 2. The van der Waals surface area contributed by atoms with E-state index in [9.17, 15) is 14.4 Å². The van der Waals surface area contributed by atoms with E-state index in [1.165, 1.54) is 11.3 Å². The fraction of sp³-hybridized carbons (Fsp3) is 0.471. The van der Waals surface area contributed by atoms with Gasteiger partial charge in [-0.15, -0.1) is 5.10 Å². The summed E-state index contributed by atoms with van der Waals surface area (Å²) in [6.45, 7) is 4.19. The second kappa shape index (κ2) is 7.77. The molecule has 8 nitrogen and oxygen atoms in total. The molecule has 1 aliphatic heterocycles. The van der Waals surface area contributed by atoms with Crippen LogP contribution >= 0.6 is 11.3 Å². The number of nitrogens with one attached hydrogen (secondary N) is 2. The number of hydrogen-bond donors (Lipinski definition) is 2. The van der Waals surface area contributed by atoms with Crippen molar-refractivity contribution in [2.24, 2.45) is 11.8 Å². The van der Waals surface area contributed by atoms with E-state index in [0.717, 1.165) is 5.56 Å². The summed E-state index contributed by atoms with van der Waals surface area (Å²) < 4.78 is 5.58. The number of piperidine rings is 1. The minimum Gasteiger partial charge on any atom is -0.403 e. The molecule has 0 spiro atoms. The highest BCUT2D eigenvalue weighted by Gasteiger charge is 2.34. The highest BCUT2D eigenvalue weighted by Crippen LogP contribution is 2.24. The van der Waals surface area contributed by atoms with Crippen molar-refractivity contribution in [3.05, 3.63) is 16.8 Å².